The quantitative estimate of drug-likeness (QED) is 0.446. The maximum absolute atomic E-state index is 5.82. The van der Waals surface area contributed by atoms with Gasteiger partial charge < -0.3 is 16.0 Å². The summed E-state index contributed by atoms with van der Waals surface area (Å²) < 4.78 is 0. The lowest BCUT2D eigenvalue weighted by Gasteiger charge is -2.08. The van der Waals surface area contributed by atoms with E-state index in [2.05, 4.69) is 42.4 Å². The van der Waals surface area contributed by atoms with Gasteiger partial charge in [0.1, 0.15) is 23.8 Å². The fraction of sp³-hybridized carbons (Fsp3) is 0.0476. The summed E-state index contributed by atoms with van der Waals surface area (Å²) >= 11 is 0. The van der Waals surface area contributed by atoms with Gasteiger partial charge in [-0.2, -0.15) is 0 Å². The molecule has 7 heteroatoms. The lowest BCUT2D eigenvalue weighted by molar-refractivity contribution is 1.04. The SMILES string of the molecule is Nc1cc2c(Nc3ccc4nc(Cc5ccccc5)[nH]c4c3)ncnc2cn1. The first-order chi connectivity index (χ1) is 13.7. The molecule has 0 aliphatic rings. The summed E-state index contributed by atoms with van der Waals surface area (Å²) in [6.45, 7) is 0. The maximum Gasteiger partial charge on any atom is 0.141 e. The molecular formula is C21H17N7. The van der Waals surface area contributed by atoms with E-state index in [9.17, 15) is 0 Å². The van der Waals surface area contributed by atoms with Crippen LogP contribution in [0.5, 0.6) is 0 Å². The van der Waals surface area contributed by atoms with Crippen molar-refractivity contribution in [3.05, 3.63) is 78.5 Å². The third kappa shape index (κ3) is 3.09. The third-order valence-electron chi connectivity index (χ3n) is 4.55. The summed E-state index contributed by atoms with van der Waals surface area (Å²) in [6, 6.07) is 18.0. The zero-order valence-electron chi connectivity index (χ0n) is 14.9. The van der Waals surface area contributed by atoms with Gasteiger partial charge in [-0.15, -0.1) is 0 Å². The number of aromatic nitrogens is 5. The summed E-state index contributed by atoms with van der Waals surface area (Å²) in [5, 5.41) is 4.17. The Morgan fingerprint density at radius 3 is 2.71 bits per heavy atom. The lowest BCUT2D eigenvalue weighted by Crippen LogP contribution is -1.98. The van der Waals surface area contributed by atoms with E-state index in [-0.39, 0.29) is 0 Å². The number of nitrogens with one attached hydrogen (secondary N) is 2. The molecule has 0 aliphatic carbocycles. The number of H-pyrrole nitrogens is 1. The van der Waals surface area contributed by atoms with E-state index in [0.717, 1.165) is 39.9 Å². The van der Waals surface area contributed by atoms with E-state index < -0.39 is 0 Å². The van der Waals surface area contributed by atoms with Gasteiger partial charge in [0.2, 0.25) is 0 Å². The number of anilines is 3. The van der Waals surface area contributed by atoms with Crippen molar-refractivity contribution < 1.29 is 0 Å². The van der Waals surface area contributed by atoms with Crippen LogP contribution in [-0.2, 0) is 6.42 Å². The van der Waals surface area contributed by atoms with Crippen LogP contribution in [0.4, 0.5) is 17.3 Å². The molecular weight excluding hydrogens is 350 g/mol. The van der Waals surface area contributed by atoms with Crippen molar-refractivity contribution in [2.45, 2.75) is 6.42 Å². The highest BCUT2D eigenvalue weighted by Crippen LogP contribution is 2.25. The molecule has 5 aromatic rings. The molecule has 0 atom stereocenters. The molecule has 0 saturated heterocycles. The summed E-state index contributed by atoms with van der Waals surface area (Å²) in [5.41, 5.74) is 10.6. The van der Waals surface area contributed by atoms with Crippen molar-refractivity contribution in [3.63, 3.8) is 0 Å². The van der Waals surface area contributed by atoms with Crippen LogP contribution in [0.2, 0.25) is 0 Å². The predicted octanol–water partition coefficient (Wildman–Crippen LogP) is 3.82. The number of hydrogen-bond donors (Lipinski definition) is 3. The van der Waals surface area contributed by atoms with Crippen molar-refractivity contribution in [2.75, 3.05) is 11.1 Å². The Morgan fingerprint density at radius 2 is 1.82 bits per heavy atom. The molecule has 3 heterocycles. The van der Waals surface area contributed by atoms with Crippen LogP contribution in [0.3, 0.4) is 0 Å². The molecule has 0 bridgehead atoms. The molecule has 0 amide bonds. The minimum Gasteiger partial charge on any atom is -0.384 e. The molecule has 136 valence electrons. The van der Waals surface area contributed by atoms with Crippen molar-refractivity contribution in [2.24, 2.45) is 0 Å². The number of imidazole rings is 1. The molecule has 5 rings (SSSR count). The highest BCUT2D eigenvalue weighted by atomic mass is 15.0. The maximum atomic E-state index is 5.82. The minimum absolute atomic E-state index is 0.430. The summed E-state index contributed by atoms with van der Waals surface area (Å²) in [7, 11) is 0. The van der Waals surface area contributed by atoms with Gasteiger partial charge in [-0.1, -0.05) is 30.3 Å². The summed E-state index contributed by atoms with van der Waals surface area (Å²) in [4.78, 5) is 20.8. The highest BCUT2D eigenvalue weighted by Gasteiger charge is 2.08. The average molecular weight is 367 g/mol. The molecule has 0 radical (unpaired) electrons. The number of nitrogen functional groups attached to an aromatic ring is 1. The molecule has 0 aliphatic heterocycles. The van der Waals surface area contributed by atoms with Crippen LogP contribution < -0.4 is 11.1 Å². The molecule has 0 saturated carbocycles. The first-order valence-corrected chi connectivity index (χ1v) is 8.90. The van der Waals surface area contributed by atoms with Crippen molar-refractivity contribution in [1.29, 1.82) is 0 Å². The normalized spacial score (nSPS) is 11.1. The number of fused-ring (bicyclic) bond motifs is 2. The van der Waals surface area contributed by atoms with Gasteiger partial charge in [0, 0.05) is 17.5 Å². The standard InChI is InChI=1S/C21H17N7/c22-19-10-15-18(11-23-19)24-12-25-21(15)26-14-6-7-16-17(9-14)28-20(27-16)8-13-4-2-1-3-5-13/h1-7,9-12H,8H2,(H2,22,23)(H,27,28)(H,24,25,26). The summed E-state index contributed by atoms with van der Waals surface area (Å²) in [5.74, 6) is 2.05. The fourth-order valence-electron chi connectivity index (χ4n) is 3.22. The Balaban J connectivity index is 1.46. The number of nitrogens with two attached hydrogens (primary N) is 1. The Morgan fingerprint density at radius 1 is 0.929 bits per heavy atom. The molecule has 4 N–H and O–H groups in total. The highest BCUT2D eigenvalue weighted by molar-refractivity contribution is 5.92. The monoisotopic (exact) mass is 367 g/mol. The van der Waals surface area contributed by atoms with Gasteiger partial charge >= 0.3 is 0 Å². The van der Waals surface area contributed by atoms with Crippen LogP contribution in [0, 0.1) is 0 Å². The Bertz CT molecular complexity index is 1280. The molecule has 7 nitrogen and oxygen atoms in total. The Labute approximate surface area is 160 Å². The van der Waals surface area contributed by atoms with Crippen molar-refractivity contribution in [3.8, 4) is 0 Å². The summed E-state index contributed by atoms with van der Waals surface area (Å²) in [6.07, 6.45) is 3.92. The van der Waals surface area contributed by atoms with E-state index in [1.54, 1.807) is 12.3 Å². The molecule has 0 fully saturated rings. The van der Waals surface area contributed by atoms with E-state index >= 15 is 0 Å². The van der Waals surface area contributed by atoms with Crippen LogP contribution in [0.1, 0.15) is 11.4 Å². The smallest absolute Gasteiger partial charge is 0.141 e. The van der Waals surface area contributed by atoms with E-state index in [4.69, 9.17) is 5.73 Å². The first-order valence-electron chi connectivity index (χ1n) is 8.90. The van der Waals surface area contributed by atoms with E-state index in [1.807, 2.05) is 36.4 Å². The van der Waals surface area contributed by atoms with Crippen molar-refractivity contribution in [1.82, 2.24) is 24.9 Å². The van der Waals surface area contributed by atoms with E-state index in [1.165, 1.54) is 11.9 Å². The van der Waals surface area contributed by atoms with Gasteiger partial charge in [0.05, 0.1) is 22.7 Å². The third-order valence-corrected chi connectivity index (χ3v) is 4.55. The second-order valence-electron chi connectivity index (χ2n) is 6.55. The average Bonchev–Trinajstić information content (AvgIpc) is 3.11. The number of rotatable bonds is 4. The second-order valence-corrected chi connectivity index (χ2v) is 6.55. The molecule has 28 heavy (non-hydrogen) atoms. The number of aromatic amines is 1. The zero-order chi connectivity index (χ0) is 18.9. The number of hydrogen-bond acceptors (Lipinski definition) is 6. The van der Waals surface area contributed by atoms with Gasteiger partial charge in [-0.05, 0) is 29.8 Å². The topological polar surface area (TPSA) is 105 Å². The van der Waals surface area contributed by atoms with E-state index in [0.29, 0.717) is 11.6 Å². The molecule has 0 unspecified atom stereocenters. The van der Waals surface area contributed by atoms with Crippen LogP contribution in [-0.4, -0.2) is 24.9 Å². The predicted molar refractivity (Wildman–Crippen MR) is 110 cm³/mol. The molecule has 3 aromatic heterocycles. The number of pyridine rings is 1. The second kappa shape index (κ2) is 6.62. The lowest BCUT2D eigenvalue weighted by atomic mass is 10.1. The molecule has 2 aromatic carbocycles. The van der Waals surface area contributed by atoms with Crippen LogP contribution in [0.25, 0.3) is 21.9 Å². The first kappa shape index (κ1) is 16.2. The van der Waals surface area contributed by atoms with Crippen molar-refractivity contribution >= 4 is 39.3 Å². The minimum atomic E-state index is 0.430. The number of nitrogens with zero attached hydrogens (tertiary/aromatic N) is 4. The van der Waals surface area contributed by atoms with Gasteiger partial charge in [-0.25, -0.2) is 19.9 Å². The van der Waals surface area contributed by atoms with Gasteiger partial charge in [0.25, 0.3) is 0 Å². The van der Waals surface area contributed by atoms with Gasteiger partial charge in [0.15, 0.2) is 0 Å². The zero-order valence-corrected chi connectivity index (χ0v) is 14.9. The fourth-order valence-corrected chi connectivity index (χ4v) is 3.22. The Hall–Kier alpha value is -4.00. The van der Waals surface area contributed by atoms with Crippen LogP contribution >= 0.6 is 0 Å². The van der Waals surface area contributed by atoms with Gasteiger partial charge in [-0.3, -0.25) is 0 Å². The number of benzene rings is 2. The largest absolute Gasteiger partial charge is 0.384 e. The molecule has 0 spiro atoms. The van der Waals surface area contributed by atoms with Crippen LogP contribution in [0.15, 0.2) is 67.1 Å². The Kier molecular flexibility index (Phi) is 3.83.